The van der Waals surface area contributed by atoms with Gasteiger partial charge in [-0.3, -0.25) is 10.1 Å². The SMILES string of the molecule is O=C(CSc1ccc(Cl)cc1)Nc1nnc(SCc2ccccc2)s1. The Hall–Kier alpha value is -1.54. The minimum atomic E-state index is -0.101. The first-order chi connectivity index (χ1) is 12.2. The molecule has 0 bridgehead atoms. The van der Waals surface area contributed by atoms with Crippen molar-refractivity contribution in [3.63, 3.8) is 0 Å². The van der Waals surface area contributed by atoms with Crippen LogP contribution in [0, 0.1) is 0 Å². The van der Waals surface area contributed by atoms with E-state index in [0.717, 1.165) is 15.0 Å². The third kappa shape index (κ3) is 6.04. The molecule has 1 N–H and O–H groups in total. The van der Waals surface area contributed by atoms with Crippen LogP contribution >= 0.6 is 46.5 Å². The quantitative estimate of drug-likeness (QED) is 0.430. The maximum atomic E-state index is 12.0. The number of anilines is 1. The van der Waals surface area contributed by atoms with Crippen molar-refractivity contribution in [2.24, 2.45) is 0 Å². The fourth-order valence-electron chi connectivity index (χ4n) is 1.87. The number of nitrogens with one attached hydrogen (secondary N) is 1. The van der Waals surface area contributed by atoms with Crippen molar-refractivity contribution in [3.05, 3.63) is 65.2 Å². The number of halogens is 1. The van der Waals surface area contributed by atoms with Crippen LogP contribution in [0.5, 0.6) is 0 Å². The topological polar surface area (TPSA) is 54.9 Å². The first-order valence-electron chi connectivity index (χ1n) is 7.37. The summed E-state index contributed by atoms with van der Waals surface area (Å²) in [6, 6.07) is 17.6. The zero-order valence-corrected chi connectivity index (χ0v) is 16.2. The average Bonchev–Trinajstić information content (AvgIpc) is 3.08. The largest absolute Gasteiger partial charge is 0.300 e. The molecule has 0 aliphatic rings. The molecule has 0 radical (unpaired) electrons. The number of aromatic nitrogens is 2. The van der Waals surface area contributed by atoms with Gasteiger partial charge >= 0.3 is 0 Å². The number of carbonyl (C=O) groups is 1. The van der Waals surface area contributed by atoms with Crippen molar-refractivity contribution in [1.29, 1.82) is 0 Å². The molecule has 1 amide bonds. The first kappa shape index (κ1) is 18.3. The molecule has 128 valence electrons. The standard InChI is InChI=1S/C17H14ClN3OS3/c18-13-6-8-14(9-7-13)23-11-15(22)19-16-20-21-17(25-16)24-10-12-4-2-1-3-5-12/h1-9H,10-11H2,(H,19,20,22). The molecule has 1 aromatic heterocycles. The van der Waals surface area contributed by atoms with E-state index in [1.165, 1.54) is 28.7 Å². The summed E-state index contributed by atoms with van der Waals surface area (Å²) in [6.07, 6.45) is 0. The Bertz CT molecular complexity index is 825. The van der Waals surface area contributed by atoms with Gasteiger partial charge in [0, 0.05) is 15.7 Å². The molecule has 0 saturated heterocycles. The molecule has 8 heteroatoms. The number of hydrogen-bond acceptors (Lipinski definition) is 6. The molecule has 0 saturated carbocycles. The molecular formula is C17H14ClN3OS3. The minimum absolute atomic E-state index is 0.101. The predicted octanol–water partition coefficient (Wildman–Crippen LogP) is 5.21. The summed E-state index contributed by atoms with van der Waals surface area (Å²) in [5, 5.41) is 12.1. The van der Waals surface area contributed by atoms with E-state index in [1.54, 1.807) is 11.8 Å². The van der Waals surface area contributed by atoms with Crippen LogP contribution in [0.2, 0.25) is 5.02 Å². The lowest BCUT2D eigenvalue weighted by atomic mass is 10.2. The van der Waals surface area contributed by atoms with Gasteiger partial charge in [-0.1, -0.05) is 65.0 Å². The number of carbonyl (C=O) groups excluding carboxylic acids is 1. The van der Waals surface area contributed by atoms with Gasteiger partial charge in [0.15, 0.2) is 4.34 Å². The first-order valence-corrected chi connectivity index (χ1v) is 10.5. The highest BCUT2D eigenvalue weighted by molar-refractivity contribution is 8.00. The van der Waals surface area contributed by atoms with Crippen LogP contribution in [0.15, 0.2) is 63.8 Å². The van der Waals surface area contributed by atoms with Gasteiger partial charge in [-0.2, -0.15) is 0 Å². The predicted molar refractivity (Wildman–Crippen MR) is 107 cm³/mol. The third-order valence-electron chi connectivity index (χ3n) is 3.04. The Morgan fingerprint density at radius 2 is 1.80 bits per heavy atom. The van der Waals surface area contributed by atoms with Crippen LogP contribution in [0.25, 0.3) is 0 Å². The summed E-state index contributed by atoms with van der Waals surface area (Å²) in [6.45, 7) is 0. The average molecular weight is 408 g/mol. The van der Waals surface area contributed by atoms with E-state index in [0.29, 0.717) is 15.9 Å². The van der Waals surface area contributed by atoms with E-state index in [9.17, 15) is 4.79 Å². The van der Waals surface area contributed by atoms with Crippen LogP contribution in [-0.2, 0) is 10.5 Å². The van der Waals surface area contributed by atoms with Crippen LogP contribution < -0.4 is 5.32 Å². The Kier molecular flexibility index (Phi) is 6.75. The molecule has 1 heterocycles. The molecule has 0 unspecified atom stereocenters. The second-order valence-electron chi connectivity index (χ2n) is 4.94. The van der Waals surface area contributed by atoms with Gasteiger partial charge in [-0.15, -0.1) is 22.0 Å². The van der Waals surface area contributed by atoms with E-state index < -0.39 is 0 Å². The lowest BCUT2D eigenvalue weighted by molar-refractivity contribution is -0.113. The molecule has 0 aliphatic heterocycles. The summed E-state index contributed by atoms with van der Waals surface area (Å²) in [7, 11) is 0. The molecule has 0 spiro atoms. The zero-order chi connectivity index (χ0) is 17.5. The highest BCUT2D eigenvalue weighted by Crippen LogP contribution is 2.28. The maximum absolute atomic E-state index is 12.0. The van der Waals surface area contributed by atoms with Gasteiger partial charge in [0.2, 0.25) is 11.0 Å². The number of amides is 1. The van der Waals surface area contributed by atoms with Crippen molar-refractivity contribution in [2.75, 3.05) is 11.1 Å². The van der Waals surface area contributed by atoms with Gasteiger partial charge in [0.1, 0.15) is 0 Å². The molecule has 0 atom stereocenters. The van der Waals surface area contributed by atoms with Crippen molar-refractivity contribution in [2.45, 2.75) is 15.0 Å². The second kappa shape index (κ2) is 9.24. The number of thioether (sulfide) groups is 2. The Morgan fingerprint density at radius 3 is 2.56 bits per heavy atom. The van der Waals surface area contributed by atoms with E-state index in [2.05, 4.69) is 27.6 Å². The van der Waals surface area contributed by atoms with Gasteiger partial charge in [0.25, 0.3) is 0 Å². The highest BCUT2D eigenvalue weighted by Gasteiger charge is 2.09. The Labute approximate surface area is 163 Å². The Balaban J connectivity index is 1.45. The maximum Gasteiger partial charge on any atom is 0.236 e. The fraction of sp³-hybridized carbons (Fsp3) is 0.118. The molecule has 25 heavy (non-hydrogen) atoms. The van der Waals surface area contributed by atoms with E-state index >= 15 is 0 Å². The van der Waals surface area contributed by atoms with E-state index in [-0.39, 0.29) is 5.91 Å². The molecule has 0 aliphatic carbocycles. The summed E-state index contributed by atoms with van der Waals surface area (Å²) in [4.78, 5) is 13.0. The second-order valence-corrected chi connectivity index (χ2v) is 8.62. The molecule has 2 aromatic carbocycles. The Morgan fingerprint density at radius 1 is 1.04 bits per heavy atom. The summed E-state index contributed by atoms with van der Waals surface area (Å²) in [5.41, 5.74) is 1.23. The number of nitrogens with zero attached hydrogens (tertiary/aromatic N) is 2. The number of benzene rings is 2. The van der Waals surface area contributed by atoms with E-state index in [4.69, 9.17) is 11.6 Å². The van der Waals surface area contributed by atoms with Crippen LogP contribution in [0.3, 0.4) is 0 Å². The van der Waals surface area contributed by atoms with Crippen LogP contribution in [-0.4, -0.2) is 21.9 Å². The van der Waals surface area contributed by atoms with Gasteiger partial charge in [-0.05, 0) is 29.8 Å². The third-order valence-corrected chi connectivity index (χ3v) is 6.35. The minimum Gasteiger partial charge on any atom is -0.300 e. The van der Waals surface area contributed by atoms with Gasteiger partial charge in [0.05, 0.1) is 5.75 Å². The van der Waals surface area contributed by atoms with Crippen molar-refractivity contribution in [3.8, 4) is 0 Å². The number of rotatable bonds is 7. The number of hydrogen-bond donors (Lipinski definition) is 1. The molecular weight excluding hydrogens is 394 g/mol. The van der Waals surface area contributed by atoms with Crippen molar-refractivity contribution < 1.29 is 4.79 Å². The van der Waals surface area contributed by atoms with Crippen molar-refractivity contribution in [1.82, 2.24) is 10.2 Å². The smallest absolute Gasteiger partial charge is 0.236 e. The zero-order valence-electron chi connectivity index (χ0n) is 13.0. The summed E-state index contributed by atoms with van der Waals surface area (Å²) < 4.78 is 0.838. The molecule has 3 rings (SSSR count). The van der Waals surface area contributed by atoms with E-state index in [1.807, 2.05) is 42.5 Å². The highest BCUT2D eigenvalue weighted by atomic mass is 35.5. The molecule has 3 aromatic rings. The normalized spacial score (nSPS) is 10.6. The monoisotopic (exact) mass is 407 g/mol. The lowest BCUT2D eigenvalue weighted by Gasteiger charge is -2.01. The summed E-state index contributed by atoms with van der Waals surface area (Å²) >= 11 is 10.3. The molecule has 0 fully saturated rings. The van der Waals surface area contributed by atoms with Crippen LogP contribution in [0.4, 0.5) is 5.13 Å². The van der Waals surface area contributed by atoms with Crippen molar-refractivity contribution >= 4 is 57.5 Å². The van der Waals surface area contributed by atoms with Crippen LogP contribution in [0.1, 0.15) is 5.56 Å². The van der Waals surface area contributed by atoms with Gasteiger partial charge in [-0.25, -0.2) is 0 Å². The molecule has 4 nitrogen and oxygen atoms in total. The lowest BCUT2D eigenvalue weighted by Crippen LogP contribution is -2.13. The van der Waals surface area contributed by atoms with Gasteiger partial charge < -0.3 is 0 Å². The fourth-order valence-corrected chi connectivity index (χ4v) is 4.42. The summed E-state index contributed by atoms with van der Waals surface area (Å²) in [5.74, 6) is 1.04.